The van der Waals surface area contributed by atoms with Gasteiger partial charge in [0.15, 0.2) is 6.23 Å². The second kappa shape index (κ2) is 7.00. The highest BCUT2D eigenvalue weighted by atomic mass is 35.5. The summed E-state index contributed by atoms with van der Waals surface area (Å²) >= 11 is 18.4. The molecule has 3 nitrogen and oxygen atoms in total. The van der Waals surface area contributed by atoms with E-state index in [4.69, 9.17) is 34.8 Å². The Balaban J connectivity index is 2.21. The van der Waals surface area contributed by atoms with Crippen LogP contribution in [0.2, 0.25) is 15.1 Å². The van der Waals surface area contributed by atoms with Crippen molar-refractivity contribution >= 4 is 40.7 Å². The molecule has 6 heteroatoms. The zero-order valence-electron chi connectivity index (χ0n) is 13.5. The Labute approximate surface area is 161 Å². The molecule has 1 amide bonds. The summed E-state index contributed by atoms with van der Waals surface area (Å²) in [5.74, 6) is -0.411. The summed E-state index contributed by atoms with van der Waals surface area (Å²) in [4.78, 5) is 13.7. The Bertz CT molecular complexity index is 866. The predicted molar refractivity (Wildman–Crippen MR) is 102 cm³/mol. The maximum Gasteiger partial charge on any atom is 0.256 e. The number of halogens is 3. The molecule has 0 saturated carbocycles. The maximum absolute atomic E-state index is 12.4. The number of allylic oxidation sites excluding steroid dienone is 1. The molecule has 2 aromatic rings. The highest BCUT2D eigenvalue weighted by molar-refractivity contribution is 6.42. The van der Waals surface area contributed by atoms with Crippen LogP contribution in [-0.4, -0.2) is 23.0 Å². The van der Waals surface area contributed by atoms with Crippen LogP contribution in [0.4, 0.5) is 0 Å². The number of aliphatic hydroxyl groups excluding tert-OH is 1. The molecule has 2 aromatic carbocycles. The number of fused-ring (bicyclic) bond motifs is 1. The minimum absolute atomic E-state index is 0.159. The first-order chi connectivity index (χ1) is 11.8. The third-order valence-corrected chi connectivity index (χ3v) is 5.43. The summed E-state index contributed by atoms with van der Waals surface area (Å²) in [5.41, 5.74) is 2.69. The van der Waals surface area contributed by atoms with Gasteiger partial charge in [0.1, 0.15) is 0 Å². The molecule has 0 spiro atoms. The van der Waals surface area contributed by atoms with Crippen molar-refractivity contribution < 1.29 is 9.90 Å². The quantitative estimate of drug-likeness (QED) is 0.700. The molecule has 1 aliphatic rings. The zero-order valence-corrected chi connectivity index (χ0v) is 15.7. The van der Waals surface area contributed by atoms with E-state index in [-0.39, 0.29) is 11.8 Å². The lowest BCUT2D eigenvalue weighted by Gasteiger charge is -2.22. The number of benzene rings is 2. The third-order valence-electron chi connectivity index (χ3n) is 4.48. The summed E-state index contributed by atoms with van der Waals surface area (Å²) < 4.78 is 0. The van der Waals surface area contributed by atoms with Crippen molar-refractivity contribution in [3.8, 4) is 0 Å². The third kappa shape index (κ3) is 3.18. The molecule has 3 rings (SSSR count). The molecule has 130 valence electrons. The van der Waals surface area contributed by atoms with E-state index in [1.165, 1.54) is 4.90 Å². The van der Waals surface area contributed by atoms with Crippen molar-refractivity contribution in [2.24, 2.45) is 0 Å². The molecule has 0 aliphatic carbocycles. The molecule has 1 heterocycles. The van der Waals surface area contributed by atoms with Gasteiger partial charge in [-0.2, -0.15) is 0 Å². The molecular weight excluding hydrogens is 381 g/mol. The van der Waals surface area contributed by atoms with E-state index in [0.717, 1.165) is 11.1 Å². The minimum Gasteiger partial charge on any atom is -0.369 e. The van der Waals surface area contributed by atoms with Gasteiger partial charge in [0, 0.05) is 29.1 Å². The topological polar surface area (TPSA) is 40.5 Å². The molecule has 1 N–H and O–H groups in total. The number of nitrogens with zero attached hydrogens (tertiary/aromatic N) is 1. The second-order valence-electron chi connectivity index (χ2n) is 6.00. The molecule has 2 unspecified atom stereocenters. The van der Waals surface area contributed by atoms with Crippen LogP contribution in [0.25, 0.3) is 0 Å². The second-order valence-corrected chi connectivity index (χ2v) is 7.25. The number of hydrogen-bond donors (Lipinski definition) is 1. The molecule has 0 fully saturated rings. The van der Waals surface area contributed by atoms with Gasteiger partial charge in [-0.1, -0.05) is 46.9 Å². The minimum atomic E-state index is -1.01. The Hall–Kier alpha value is -1.52. The largest absolute Gasteiger partial charge is 0.369 e. The van der Waals surface area contributed by atoms with Crippen LogP contribution < -0.4 is 0 Å². The van der Waals surface area contributed by atoms with Crippen LogP contribution in [0.3, 0.4) is 0 Å². The lowest BCUT2D eigenvalue weighted by Crippen LogP contribution is -2.22. The van der Waals surface area contributed by atoms with Crippen LogP contribution >= 0.6 is 34.8 Å². The summed E-state index contributed by atoms with van der Waals surface area (Å²) in [5, 5.41) is 11.9. The molecular formula is C19H16Cl3NO2. The van der Waals surface area contributed by atoms with Gasteiger partial charge in [-0.25, -0.2) is 0 Å². The van der Waals surface area contributed by atoms with Gasteiger partial charge in [-0.3, -0.25) is 4.79 Å². The molecule has 0 radical (unpaired) electrons. The molecule has 0 aromatic heterocycles. The smallest absolute Gasteiger partial charge is 0.256 e. The average Bonchev–Trinajstić information content (AvgIpc) is 2.79. The lowest BCUT2D eigenvalue weighted by molar-refractivity contribution is 0.0298. The van der Waals surface area contributed by atoms with Crippen LogP contribution in [0.15, 0.2) is 43.0 Å². The fourth-order valence-electron chi connectivity index (χ4n) is 3.23. The highest BCUT2D eigenvalue weighted by Gasteiger charge is 2.37. The van der Waals surface area contributed by atoms with Gasteiger partial charge in [-0.05, 0) is 41.8 Å². The first kappa shape index (κ1) is 18.3. The summed E-state index contributed by atoms with van der Waals surface area (Å²) in [6, 6.07) is 8.77. The van der Waals surface area contributed by atoms with Gasteiger partial charge < -0.3 is 10.0 Å². The number of amides is 1. The van der Waals surface area contributed by atoms with E-state index in [1.807, 2.05) is 6.07 Å². The maximum atomic E-state index is 12.4. The van der Waals surface area contributed by atoms with Crippen LogP contribution in [0, 0.1) is 0 Å². The first-order valence-corrected chi connectivity index (χ1v) is 8.83. The Morgan fingerprint density at radius 3 is 2.60 bits per heavy atom. The average molecular weight is 397 g/mol. The Kier molecular flexibility index (Phi) is 5.12. The number of rotatable bonds is 4. The zero-order chi connectivity index (χ0) is 18.3. The number of carbonyl (C=O) groups is 1. The molecule has 1 aliphatic heterocycles. The van der Waals surface area contributed by atoms with Gasteiger partial charge in [0.05, 0.1) is 10.0 Å². The van der Waals surface area contributed by atoms with Crippen molar-refractivity contribution in [1.29, 1.82) is 0 Å². The van der Waals surface area contributed by atoms with Gasteiger partial charge in [0.25, 0.3) is 5.91 Å². The van der Waals surface area contributed by atoms with E-state index in [0.29, 0.717) is 32.6 Å². The van der Waals surface area contributed by atoms with Crippen LogP contribution in [0.1, 0.15) is 45.6 Å². The lowest BCUT2D eigenvalue weighted by atomic mass is 9.84. The monoisotopic (exact) mass is 395 g/mol. The van der Waals surface area contributed by atoms with Crippen molar-refractivity contribution in [2.75, 3.05) is 7.05 Å². The summed E-state index contributed by atoms with van der Waals surface area (Å²) in [6.07, 6.45) is 1.37. The normalized spacial score (nSPS) is 17.6. The van der Waals surface area contributed by atoms with Crippen molar-refractivity contribution in [3.63, 3.8) is 0 Å². The Morgan fingerprint density at radius 1 is 1.24 bits per heavy atom. The van der Waals surface area contributed by atoms with E-state index in [9.17, 15) is 9.90 Å². The molecule has 0 saturated heterocycles. The predicted octanol–water partition coefficient (Wildman–Crippen LogP) is 5.43. The van der Waals surface area contributed by atoms with E-state index < -0.39 is 6.23 Å². The molecule has 2 atom stereocenters. The van der Waals surface area contributed by atoms with E-state index >= 15 is 0 Å². The summed E-state index contributed by atoms with van der Waals surface area (Å²) in [7, 11) is 1.56. The van der Waals surface area contributed by atoms with Crippen LogP contribution in [-0.2, 0) is 0 Å². The highest BCUT2D eigenvalue weighted by Crippen LogP contribution is 2.42. The fourth-order valence-corrected chi connectivity index (χ4v) is 3.76. The first-order valence-electron chi connectivity index (χ1n) is 7.69. The SMILES string of the molecule is C=CCC(c1ccc(Cl)c(Cl)c1)c1cc(Cl)cc2c1C(O)N(C)C2=O. The van der Waals surface area contributed by atoms with Gasteiger partial charge in [0.2, 0.25) is 0 Å². The number of hydrogen-bond acceptors (Lipinski definition) is 2. The van der Waals surface area contributed by atoms with Gasteiger partial charge in [-0.15, -0.1) is 6.58 Å². The standard InChI is InChI=1S/C19H16Cl3NO2/c1-3-4-12(10-5-6-15(21)16(22)7-10)13-8-11(20)9-14-17(13)19(25)23(2)18(14)24/h3,5-9,12,19,25H,1,4H2,2H3. The van der Waals surface area contributed by atoms with Crippen molar-refractivity contribution in [2.45, 2.75) is 18.6 Å². The van der Waals surface area contributed by atoms with Crippen molar-refractivity contribution in [3.05, 3.63) is 80.3 Å². The molecule has 0 bridgehead atoms. The van der Waals surface area contributed by atoms with Crippen LogP contribution in [0.5, 0.6) is 0 Å². The number of carbonyl (C=O) groups excluding carboxylic acids is 1. The number of aliphatic hydroxyl groups is 1. The van der Waals surface area contributed by atoms with Gasteiger partial charge >= 0.3 is 0 Å². The van der Waals surface area contributed by atoms with Crippen molar-refractivity contribution in [1.82, 2.24) is 4.90 Å². The van der Waals surface area contributed by atoms with E-state index in [2.05, 4.69) is 6.58 Å². The Morgan fingerprint density at radius 2 is 1.96 bits per heavy atom. The molecule has 25 heavy (non-hydrogen) atoms. The van der Waals surface area contributed by atoms with E-state index in [1.54, 1.807) is 37.4 Å². The summed E-state index contributed by atoms with van der Waals surface area (Å²) in [6.45, 7) is 3.82. The fraction of sp³-hybridized carbons (Fsp3) is 0.211.